The summed E-state index contributed by atoms with van der Waals surface area (Å²) in [5.41, 5.74) is 2.33. The van der Waals surface area contributed by atoms with E-state index in [2.05, 4.69) is 36.5 Å². The Labute approximate surface area is 195 Å². The van der Waals surface area contributed by atoms with Gasteiger partial charge in [-0.2, -0.15) is 0 Å². The molecule has 1 saturated heterocycles. The van der Waals surface area contributed by atoms with Crippen LogP contribution in [-0.4, -0.2) is 52.5 Å². The number of para-hydroxylation sites is 1. The van der Waals surface area contributed by atoms with Gasteiger partial charge in [-0.3, -0.25) is 4.79 Å². The molecule has 1 N–H and O–H groups in total. The summed E-state index contributed by atoms with van der Waals surface area (Å²) in [4.78, 5) is 19.7. The number of sulfonamides is 1. The van der Waals surface area contributed by atoms with Crippen LogP contribution in [0.2, 0.25) is 0 Å². The van der Waals surface area contributed by atoms with Gasteiger partial charge >= 0.3 is 0 Å². The SMILES string of the molecule is CNS(=O)(=O)c1ccccc1N1CCN(C(=O)c2cc3c(s2)CCC(C(C)(C)C)C3)CC1. The molecule has 1 amide bonds. The van der Waals surface area contributed by atoms with Crippen LogP contribution in [0, 0.1) is 11.3 Å². The highest BCUT2D eigenvalue weighted by Crippen LogP contribution is 2.40. The number of aryl methyl sites for hydroxylation is 1. The van der Waals surface area contributed by atoms with Crippen LogP contribution < -0.4 is 9.62 Å². The fourth-order valence-electron chi connectivity index (χ4n) is 4.73. The third-order valence-corrected chi connectivity index (χ3v) is 9.54. The van der Waals surface area contributed by atoms with Crippen LogP contribution in [0.15, 0.2) is 35.2 Å². The zero-order valence-corrected chi connectivity index (χ0v) is 21.0. The van der Waals surface area contributed by atoms with Gasteiger partial charge in [0, 0.05) is 31.1 Å². The van der Waals surface area contributed by atoms with Crippen molar-refractivity contribution in [2.24, 2.45) is 11.3 Å². The highest BCUT2D eigenvalue weighted by Gasteiger charge is 2.32. The number of piperazine rings is 1. The molecule has 8 heteroatoms. The molecule has 2 heterocycles. The quantitative estimate of drug-likeness (QED) is 0.731. The number of fused-ring (bicyclic) bond motifs is 1. The van der Waals surface area contributed by atoms with Crippen LogP contribution in [-0.2, 0) is 22.9 Å². The minimum absolute atomic E-state index is 0.104. The van der Waals surface area contributed by atoms with Gasteiger partial charge in [0.2, 0.25) is 10.0 Å². The second-order valence-corrected chi connectivity index (χ2v) is 12.8. The second kappa shape index (κ2) is 8.80. The fourth-order valence-corrected chi connectivity index (χ4v) is 6.86. The van der Waals surface area contributed by atoms with Crippen molar-refractivity contribution in [3.63, 3.8) is 0 Å². The average Bonchev–Trinajstić information content (AvgIpc) is 3.21. The number of nitrogens with one attached hydrogen (secondary N) is 1. The zero-order valence-electron chi connectivity index (χ0n) is 19.3. The van der Waals surface area contributed by atoms with Crippen LogP contribution in [0.4, 0.5) is 5.69 Å². The van der Waals surface area contributed by atoms with Crippen LogP contribution >= 0.6 is 11.3 Å². The number of benzene rings is 1. The lowest BCUT2D eigenvalue weighted by molar-refractivity contribution is 0.0751. The maximum Gasteiger partial charge on any atom is 0.264 e. The molecule has 6 nitrogen and oxygen atoms in total. The van der Waals surface area contributed by atoms with Gasteiger partial charge in [-0.05, 0) is 61.4 Å². The first kappa shape index (κ1) is 23.3. The molecule has 1 aliphatic heterocycles. The number of thiophene rings is 1. The largest absolute Gasteiger partial charge is 0.367 e. The van der Waals surface area contributed by atoms with Gasteiger partial charge in [0.05, 0.1) is 10.6 Å². The lowest BCUT2D eigenvalue weighted by atomic mass is 9.72. The van der Waals surface area contributed by atoms with Crippen molar-refractivity contribution in [1.29, 1.82) is 0 Å². The van der Waals surface area contributed by atoms with E-state index in [-0.39, 0.29) is 16.2 Å². The molecule has 32 heavy (non-hydrogen) atoms. The van der Waals surface area contributed by atoms with Gasteiger partial charge < -0.3 is 9.80 Å². The maximum atomic E-state index is 13.2. The van der Waals surface area contributed by atoms with Gasteiger partial charge in [-0.25, -0.2) is 13.1 Å². The van der Waals surface area contributed by atoms with Crippen molar-refractivity contribution < 1.29 is 13.2 Å². The molecular formula is C24H33N3O3S2. The van der Waals surface area contributed by atoms with Crippen molar-refractivity contribution >= 4 is 33.0 Å². The molecule has 0 bridgehead atoms. The Morgan fingerprint density at radius 1 is 1.12 bits per heavy atom. The highest BCUT2D eigenvalue weighted by atomic mass is 32.2. The summed E-state index contributed by atoms with van der Waals surface area (Å²) in [6.45, 7) is 9.31. The molecule has 0 radical (unpaired) electrons. The van der Waals surface area contributed by atoms with Crippen LogP contribution in [0.1, 0.15) is 47.3 Å². The van der Waals surface area contributed by atoms with Gasteiger partial charge in [0.1, 0.15) is 4.90 Å². The first-order chi connectivity index (χ1) is 15.1. The lowest BCUT2D eigenvalue weighted by Gasteiger charge is -2.36. The molecular weight excluding hydrogens is 442 g/mol. The summed E-state index contributed by atoms with van der Waals surface area (Å²) >= 11 is 1.66. The summed E-state index contributed by atoms with van der Waals surface area (Å²) in [6, 6.07) is 9.17. The molecule has 1 aromatic heterocycles. The van der Waals surface area contributed by atoms with Gasteiger partial charge in [0.15, 0.2) is 0 Å². The van der Waals surface area contributed by atoms with Crippen molar-refractivity contribution in [2.45, 2.75) is 44.9 Å². The maximum absolute atomic E-state index is 13.2. The number of rotatable bonds is 4. The van der Waals surface area contributed by atoms with Crippen molar-refractivity contribution in [3.05, 3.63) is 45.6 Å². The third kappa shape index (κ3) is 4.58. The minimum atomic E-state index is -3.54. The predicted molar refractivity (Wildman–Crippen MR) is 130 cm³/mol. The van der Waals surface area contributed by atoms with E-state index in [9.17, 15) is 13.2 Å². The summed E-state index contributed by atoms with van der Waals surface area (Å²) < 4.78 is 27.2. The number of anilines is 1. The Morgan fingerprint density at radius 3 is 2.47 bits per heavy atom. The minimum Gasteiger partial charge on any atom is -0.367 e. The number of carbonyl (C=O) groups is 1. The average molecular weight is 476 g/mol. The number of hydrogen-bond acceptors (Lipinski definition) is 5. The number of amides is 1. The van der Waals surface area contributed by atoms with E-state index in [1.165, 1.54) is 23.9 Å². The number of carbonyl (C=O) groups excluding carboxylic acids is 1. The van der Waals surface area contributed by atoms with Gasteiger partial charge in [0.25, 0.3) is 5.91 Å². The van der Waals surface area contributed by atoms with Crippen molar-refractivity contribution in [2.75, 3.05) is 38.1 Å². The molecule has 174 valence electrons. The summed E-state index contributed by atoms with van der Waals surface area (Å²) in [5, 5.41) is 0. The molecule has 0 spiro atoms. The normalized spacial score (nSPS) is 19.7. The Hall–Kier alpha value is -1.90. The topological polar surface area (TPSA) is 69.7 Å². The molecule has 4 rings (SSSR count). The molecule has 0 saturated carbocycles. The molecule has 1 aromatic carbocycles. The van der Waals surface area contributed by atoms with E-state index in [1.807, 2.05) is 17.0 Å². The smallest absolute Gasteiger partial charge is 0.264 e. The third-order valence-electron chi connectivity index (χ3n) is 6.85. The fraction of sp³-hybridized carbons (Fsp3) is 0.542. The van der Waals surface area contributed by atoms with E-state index in [4.69, 9.17) is 0 Å². The standard InChI is InChI=1S/C24H33N3O3S2/c1-24(2,3)18-9-10-20-17(15-18)16-21(31-20)23(28)27-13-11-26(12-14-27)19-7-5-6-8-22(19)32(29,30)25-4/h5-8,16,18,25H,9-15H2,1-4H3. The van der Waals surface area contributed by atoms with E-state index in [0.717, 1.165) is 17.7 Å². The van der Waals surface area contributed by atoms with E-state index >= 15 is 0 Å². The molecule has 1 unspecified atom stereocenters. The zero-order chi connectivity index (χ0) is 23.1. The summed E-state index contributed by atoms with van der Waals surface area (Å²) in [7, 11) is -2.12. The first-order valence-corrected chi connectivity index (χ1v) is 13.6. The monoisotopic (exact) mass is 475 g/mol. The van der Waals surface area contributed by atoms with Crippen LogP contribution in [0.3, 0.4) is 0 Å². The second-order valence-electron chi connectivity index (χ2n) is 9.82. The van der Waals surface area contributed by atoms with Crippen molar-refractivity contribution in [3.8, 4) is 0 Å². The highest BCUT2D eigenvalue weighted by molar-refractivity contribution is 7.89. The first-order valence-electron chi connectivity index (χ1n) is 11.3. The predicted octanol–water partition coefficient (Wildman–Crippen LogP) is 3.77. The molecule has 1 fully saturated rings. The molecule has 2 aromatic rings. The van der Waals surface area contributed by atoms with Gasteiger partial charge in [-0.15, -0.1) is 11.3 Å². The lowest BCUT2D eigenvalue weighted by Crippen LogP contribution is -2.49. The molecule has 1 aliphatic carbocycles. The summed E-state index contributed by atoms with van der Waals surface area (Å²) in [5.74, 6) is 0.762. The van der Waals surface area contributed by atoms with E-state index < -0.39 is 10.0 Å². The van der Waals surface area contributed by atoms with E-state index in [0.29, 0.717) is 37.8 Å². The molecule has 1 atom stereocenters. The summed E-state index contributed by atoms with van der Waals surface area (Å²) in [6.07, 6.45) is 3.32. The van der Waals surface area contributed by atoms with Gasteiger partial charge in [-0.1, -0.05) is 32.9 Å². The Morgan fingerprint density at radius 2 is 1.81 bits per heavy atom. The Kier molecular flexibility index (Phi) is 6.40. The number of nitrogens with zero attached hydrogens (tertiary/aromatic N) is 2. The van der Waals surface area contributed by atoms with Crippen LogP contribution in [0.25, 0.3) is 0 Å². The Balaban J connectivity index is 1.44. The number of hydrogen-bond donors (Lipinski definition) is 1. The van der Waals surface area contributed by atoms with Crippen molar-refractivity contribution in [1.82, 2.24) is 9.62 Å². The van der Waals surface area contributed by atoms with Crippen LogP contribution in [0.5, 0.6) is 0 Å². The van der Waals surface area contributed by atoms with E-state index in [1.54, 1.807) is 23.5 Å². The molecule has 2 aliphatic rings. The Bertz CT molecular complexity index is 1090.